The number of amides is 1. The van der Waals surface area contributed by atoms with Crippen molar-refractivity contribution >= 4 is 35.0 Å². The van der Waals surface area contributed by atoms with E-state index in [9.17, 15) is 9.59 Å². The van der Waals surface area contributed by atoms with Gasteiger partial charge < -0.3 is 31.0 Å². The van der Waals surface area contributed by atoms with Crippen LogP contribution in [0.2, 0.25) is 0 Å². The number of rotatable bonds is 9. The fourth-order valence-electron chi connectivity index (χ4n) is 2.53. The third-order valence-electron chi connectivity index (χ3n) is 3.82. The SMILES string of the molecule is COc1cc(OC#N)ccc1/C=C/C(=O)OCCCC(=O)Nc1cc(N)cc(N)c1. The number of anilines is 3. The summed E-state index contributed by atoms with van der Waals surface area (Å²) in [6, 6.07) is 9.54. The normalized spacial score (nSPS) is 10.3. The lowest BCUT2D eigenvalue weighted by molar-refractivity contribution is -0.138. The van der Waals surface area contributed by atoms with Crippen molar-refractivity contribution in [2.24, 2.45) is 0 Å². The van der Waals surface area contributed by atoms with Crippen LogP contribution in [0.15, 0.2) is 42.5 Å². The Bertz CT molecular complexity index is 962. The van der Waals surface area contributed by atoms with Crippen molar-refractivity contribution in [3.05, 3.63) is 48.0 Å². The molecule has 2 aromatic rings. The third-order valence-corrected chi connectivity index (χ3v) is 3.82. The number of nitrogen functional groups attached to an aromatic ring is 2. The first kappa shape index (κ1) is 22.1. The van der Waals surface area contributed by atoms with Gasteiger partial charge in [0.05, 0.1) is 13.7 Å². The summed E-state index contributed by atoms with van der Waals surface area (Å²) in [6.45, 7) is 0.0851. The second-order valence-corrected chi connectivity index (χ2v) is 6.14. The summed E-state index contributed by atoms with van der Waals surface area (Å²) in [7, 11) is 1.46. The van der Waals surface area contributed by atoms with Crippen molar-refractivity contribution in [3.63, 3.8) is 0 Å². The number of hydrogen-bond donors (Lipinski definition) is 3. The molecule has 156 valence electrons. The Balaban J connectivity index is 1.77. The molecule has 0 heterocycles. The quantitative estimate of drug-likeness (QED) is 0.188. The van der Waals surface area contributed by atoms with Gasteiger partial charge in [-0.05, 0) is 42.8 Å². The number of nitrogens with two attached hydrogens (primary N) is 2. The van der Waals surface area contributed by atoms with E-state index in [-0.39, 0.29) is 18.9 Å². The van der Waals surface area contributed by atoms with Crippen LogP contribution in [0.25, 0.3) is 6.08 Å². The van der Waals surface area contributed by atoms with E-state index in [0.29, 0.717) is 40.5 Å². The number of nitrogens with one attached hydrogen (secondary N) is 1. The minimum atomic E-state index is -0.557. The molecule has 9 nitrogen and oxygen atoms in total. The van der Waals surface area contributed by atoms with Crippen LogP contribution in [0.4, 0.5) is 17.1 Å². The average molecular weight is 410 g/mol. The van der Waals surface area contributed by atoms with Crippen molar-refractivity contribution in [1.29, 1.82) is 5.26 Å². The first-order valence-electron chi connectivity index (χ1n) is 8.96. The number of nitriles is 1. The predicted octanol–water partition coefficient (Wildman–Crippen LogP) is 2.69. The number of carbonyl (C=O) groups is 2. The molecule has 5 N–H and O–H groups in total. The summed E-state index contributed by atoms with van der Waals surface area (Å²) in [5.74, 6) is -0.0340. The first-order valence-corrected chi connectivity index (χ1v) is 8.96. The molecule has 0 aromatic heterocycles. The average Bonchev–Trinajstić information content (AvgIpc) is 2.69. The summed E-state index contributed by atoms with van der Waals surface area (Å²) in [5.41, 5.74) is 13.4. The van der Waals surface area contributed by atoms with E-state index in [1.807, 2.05) is 0 Å². The monoisotopic (exact) mass is 410 g/mol. The van der Waals surface area contributed by atoms with Crippen LogP contribution in [0.1, 0.15) is 18.4 Å². The number of esters is 1. The number of methoxy groups -OCH3 is 1. The minimum absolute atomic E-state index is 0.0851. The standard InChI is InChI=1S/C21H22N4O5/c1-28-19-12-18(30-13-22)6-4-14(19)5-7-21(27)29-8-2-3-20(26)25-17-10-15(23)9-16(24)11-17/h4-7,9-12H,2-3,8,23-24H2,1H3,(H,25,26)/b7-5+. The van der Waals surface area contributed by atoms with Gasteiger partial charge in [0, 0.05) is 41.2 Å². The molecular formula is C21H22N4O5. The van der Waals surface area contributed by atoms with Gasteiger partial charge in [-0.1, -0.05) is 0 Å². The van der Waals surface area contributed by atoms with Gasteiger partial charge in [0.15, 0.2) is 0 Å². The molecule has 0 saturated carbocycles. The molecule has 2 rings (SSSR count). The van der Waals surface area contributed by atoms with Gasteiger partial charge in [-0.3, -0.25) is 4.79 Å². The van der Waals surface area contributed by atoms with E-state index in [0.717, 1.165) is 0 Å². The van der Waals surface area contributed by atoms with E-state index in [1.54, 1.807) is 36.6 Å². The number of carbonyl (C=O) groups excluding carboxylic acids is 2. The van der Waals surface area contributed by atoms with Crippen molar-refractivity contribution < 1.29 is 23.8 Å². The minimum Gasteiger partial charge on any atom is -0.496 e. The zero-order chi connectivity index (χ0) is 21.9. The molecule has 0 saturated heterocycles. The third kappa shape index (κ3) is 7.09. The zero-order valence-corrected chi connectivity index (χ0v) is 16.4. The maximum absolute atomic E-state index is 11.9. The topological polar surface area (TPSA) is 150 Å². The lowest BCUT2D eigenvalue weighted by Crippen LogP contribution is -2.13. The molecular weight excluding hydrogens is 388 g/mol. The summed E-state index contributed by atoms with van der Waals surface area (Å²) in [4.78, 5) is 23.8. The molecule has 0 spiro atoms. The zero-order valence-electron chi connectivity index (χ0n) is 16.4. The van der Waals surface area contributed by atoms with Crippen LogP contribution >= 0.6 is 0 Å². The molecule has 0 aliphatic heterocycles. The van der Waals surface area contributed by atoms with Crippen LogP contribution in [0.5, 0.6) is 11.5 Å². The fourth-order valence-corrected chi connectivity index (χ4v) is 2.53. The molecule has 0 unspecified atom stereocenters. The van der Waals surface area contributed by atoms with Crippen molar-refractivity contribution in [3.8, 4) is 17.8 Å². The maximum Gasteiger partial charge on any atom is 0.330 e. The van der Waals surface area contributed by atoms with Gasteiger partial charge in [0.1, 0.15) is 11.5 Å². The summed E-state index contributed by atoms with van der Waals surface area (Å²) in [5, 5.41) is 11.2. The molecule has 9 heteroatoms. The maximum atomic E-state index is 11.9. The fraction of sp³-hybridized carbons (Fsp3) is 0.190. The first-order chi connectivity index (χ1) is 14.4. The highest BCUT2D eigenvalue weighted by atomic mass is 16.5. The van der Waals surface area contributed by atoms with Crippen molar-refractivity contribution in [1.82, 2.24) is 0 Å². The Morgan fingerprint density at radius 2 is 1.90 bits per heavy atom. The van der Waals surface area contributed by atoms with E-state index < -0.39 is 5.97 Å². The Labute approximate surface area is 173 Å². The Morgan fingerprint density at radius 3 is 2.57 bits per heavy atom. The number of hydrogen-bond acceptors (Lipinski definition) is 8. The highest BCUT2D eigenvalue weighted by Crippen LogP contribution is 2.25. The van der Waals surface area contributed by atoms with Crippen LogP contribution in [0, 0.1) is 11.5 Å². The van der Waals surface area contributed by atoms with Crippen LogP contribution in [0.3, 0.4) is 0 Å². The Kier molecular flexibility index (Phi) is 8.08. The van der Waals surface area contributed by atoms with Crippen molar-refractivity contribution in [2.75, 3.05) is 30.5 Å². The van der Waals surface area contributed by atoms with Gasteiger partial charge >= 0.3 is 5.97 Å². The number of nitrogens with zero attached hydrogens (tertiary/aromatic N) is 1. The molecule has 0 aliphatic rings. The predicted molar refractivity (Wildman–Crippen MR) is 112 cm³/mol. The van der Waals surface area contributed by atoms with Gasteiger partial charge in [-0.25, -0.2) is 4.79 Å². The largest absolute Gasteiger partial charge is 0.496 e. The summed E-state index contributed by atoms with van der Waals surface area (Å²) < 4.78 is 15.0. The molecule has 0 fully saturated rings. The number of ether oxygens (including phenoxy) is 3. The highest BCUT2D eigenvalue weighted by Gasteiger charge is 2.06. The van der Waals surface area contributed by atoms with Gasteiger partial charge in [-0.2, -0.15) is 0 Å². The Morgan fingerprint density at radius 1 is 1.17 bits per heavy atom. The van der Waals surface area contributed by atoms with E-state index in [4.69, 9.17) is 30.9 Å². The van der Waals surface area contributed by atoms with E-state index in [1.165, 1.54) is 25.3 Å². The molecule has 30 heavy (non-hydrogen) atoms. The molecule has 0 radical (unpaired) electrons. The lowest BCUT2D eigenvalue weighted by atomic mass is 10.2. The van der Waals surface area contributed by atoms with Crippen molar-refractivity contribution in [2.45, 2.75) is 12.8 Å². The molecule has 0 bridgehead atoms. The smallest absolute Gasteiger partial charge is 0.330 e. The van der Waals surface area contributed by atoms with Gasteiger partial charge in [0.2, 0.25) is 5.91 Å². The molecule has 0 aliphatic carbocycles. The second-order valence-electron chi connectivity index (χ2n) is 6.14. The van der Waals surface area contributed by atoms with Crippen LogP contribution in [-0.4, -0.2) is 25.6 Å². The van der Waals surface area contributed by atoms with Crippen LogP contribution < -0.4 is 26.3 Å². The van der Waals surface area contributed by atoms with E-state index in [2.05, 4.69) is 5.32 Å². The number of benzene rings is 2. The van der Waals surface area contributed by atoms with E-state index >= 15 is 0 Å². The lowest BCUT2D eigenvalue weighted by Gasteiger charge is -2.07. The molecule has 1 amide bonds. The molecule has 0 atom stereocenters. The summed E-state index contributed by atoms with van der Waals surface area (Å²) >= 11 is 0. The molecule has 2 aromatic carbocycles. The van der Waals surface area contributed by atoms with Crippen LogP contribution in [-0.2, 0) is 14.3 Å². The Hall–Kier alpha value is -4.19. The second kappa shape index (κ2) is 11.0. The summed E-state index contributed by atoms with van der Waals surface area (Å²) in [6.07, 6.45) is 4.86. The highest BCUT2D eigenvalue weighted by molar-refractivity contribution is 5.92. The van der Waals surface area contributed by atoms with Gasteiger partial charge in [0.25, 0.3) is 6.26 Å². The van der Waals surface area contributed by atoms with Gasteiger partial charge in [-0.15, -0.1) is 5.26 Å².